The van der Waals surface area contributed by atoms with E-state index >= 15 is 0 Å². The van der Waals surface area contributed by atoms with Gasteiger partial charge >= 0.3 is 0 Å². The second-order valence-electron chi connectivity index (χ2n) is 4.30. The third-order valence-electron chi connectivity index (χ3n) is 3.15. The Morgan fingerprint density at radius 1 is 1.22 bits per heavy atom. The van der Waals surface area contributed by atoms with Gasteiger partial charge in [-0.3, -0.25) is 0 Å². The number of ether oxygens (including phenoxy) is 2. The molecule has 4 heteroatoms. The molecule has 0 amide bonds. The summed E-state index contributed by atoms with van der Waals surface area (Å²) >= 11 is 0. The van der Waals surface area contributed by atoms with Crippen LogP contribution in [0, 0.1) is 0 Å². The minimum Gasteiger partial charge on any atom is -0.490 e. The highest BCUT2D eigenvalue weighted by atomic mass is 16.5. The fraction of sp³-hybridized carbons (Fsp3) is 0.571. The van der Waals surface area contributed by atoms with Crippen LogP contribution in [0.2, 0.25) is 0 Å². The van der Waals surface area contributed by atoms with E-state index in [1.165, 1.54) is 5.56 Å². The smallest absolute Gasteiger partial charge is 0.161 e. The van der Waals surface area contributed by atoms with Crippen molar-refractivity contribution >= 4 is 0 Å². The zero-order chi connectivity index (χ0) is 13.0. The largest absolute Gasteiger partial charge is 0.490 e. The molecule has 1 aromatic carbocycles. The fourth-order valence-corrected chi connectivity index (χ4v) is 2.35. The number of aliphatic hydroxyl groups excluding tert-OH is 1. The molecular formula is C14H21NO3. The molecule has 18 heavy (non-hydrogen) atoms. The fourth-order valence-electron chi connectivity index (χ4n) is 2.35. The summed E-state index contributed by atoms with van der Waals surface area (Å²) in [6, 6.07) is 4.05. The number of fused-ring (bicyclic) bond motifs is 1. The van der Waals surface area contributed by atoms with E-state index in [2.05, 4.69) is 5.32 Å². The summed E-state index contributed by atoms with van der Waals surface area (Å²) in [5.74, 6) is 1.57. The molecule has 0 spiro atoms. The molecule has 0 aliphatic carbocycles. The van der Waals surface area contributed by atoms with Crippen molar-refractivity contribution in [3.63, 3.8) is 0 Å². The zero-order valence-electron chi connectivity index (χ0n) is 11.0. The van der Waals surface area contributed by atoms with Crippen LogP contribution in [0.15, 0.2) is 12.1 Å². The third-order valence-corrected chi connectivity index (χ3v) is 3.15. The van der Waals surface area contributed by atoms with E-state index in [1.807, 2.05) is 26.0 Å². The zero-order valence-corrected chi connectivity index (χ0v) is 11.0. The summed E-state index contributed by atoms with van der Waals surface area (Å²) in [5, 5.41) is 12.7. The number of hydrogen-bond donors (Lipinski definition) is 2. The lowest BCUT2D eigenvalue weighted by molar-refractivity contribution is 0.238. The molecule has 0 aromatic heterocycles. The van der Waals surface area contributed by atoms with Gasteiger partial charge in [-0.25, -0.2) is 0 Å². The quantitative estimate of drug-likeness (QED) is 0.835. The average Bonchev–Trinajstić information content (AvgIpc) is 2.39. The van der Waals surface area contributed by atoms with E-state index in [0.717, 1.165) is 30.0 Å². The maximum atomic E-state index is 9.40. The molecule has 0 radical (unpaired) electrons. The van der Waals surface area contributed by atoms with Crippen LogP contribution in [0.1, 0.15) is 31.0 Å². The maximum absolute atomic E-state index is 9.40. The second-order valence-corrected chi connectivity index (χ2v) is 4.30. The predicted octanol–water partition coefficient (Wildman–Crippen LogP) is 1.66. The van der Waals surface area contributed by atoms with E-state index in [-0.39, 0.29) is 12.6 Å². The number of aliphatic hydroxyl groups is 1. The number of hydrogen-bond acceptors (Lipinski definition) is 4. The Bertz CT molecular complexity index is 406. The predicted molar refractivity (Wildman–Crippen MR) is 70.3 cm³/mol. The minimum absolute atomic E-state index is 0.00336. The Balaban J connectivity index is 2.39. The van der Waals surface area contributed by atoms with Crippen LogP contribution in [-0.4, -0.2) is 31.5 Å². The monoisotopic (exact) mass is 251 g/mol. The van der Waals surface area contributed by atoms with Gasteiger partial charge in [-0.2, -0.15) is 0 Å². The van der Waals surface area contributed by atoms with Crippen molar-refractivity contribution in [1.82, 2.24) is 5.32 Å². The van der Waals surface area contributed by atoms with E-state index in [4.69, 9.17) is 9.47 Å². The molecule has 1 aromatic rings. The molecule has 1 heterocycles. The van der Waals surface area contributed by atoms with E-state index in [0.29, 0.717) is 13.2 Å². The van der Waals surface area contributed by atoms with Crippen LogP contribution in [0.5, 0.6) is 11.5 Å². The Kier molecular flexibility index (Phi) is 4.44. The van der Waals surface area contributed by atoms with Gasteiger partial charge in [-0.05, 0) is 50.1 Å². The first-order valence-electron chi connectivity index (χ1n) is 6.56. The molecule has 1 aliphatic heterocycles. The topological polar surface area (TPSA) is 50.7 Å². The van der Waals surface area contributed by atoms with Gasteiger partial charge in [-0.15, -0.1) is 0 Å². The summed E-state index contributed by atoms with van der Waals surface area (Å²) in [6.07, 6.45) is 0.957. The summed E-state index contributed by atoms with van der Waals surface area (Å²) in [7, 11) is 0. The van der Waals surface area contributed by atoms with Crippen molar-refractivity contribution < 1.29 is 14.6 Å². The Labute approximate surface area is 108 Å². The molecule has 1 aliphatic rings. The van der Waals surface area contributed by atoms with Crippen molar-refractivity contribution in [2.75, 3.05) is 26.4 Å². The molecule has 4 nitrogen and oxygen atoms in total. The molecule has 2 rings (SSSR count). The first kappa shape index (κ1) is 13.2. The van der Waals surface area contributed by atoms with Crippen LogP contribution in [0.3, 0.4) is 0 Å². The van der Waals surface area contributed by atoms with E-state index in [1.54, 1.807) is 0 Å². The highest BCUT2D eigenvalue weighted by molar-refractivity contribution is 5.49. The number of nitrogens with one attached hydrogen (secondary N) is 1. The lowest BCUT2D eigenvalue weighted by Gasteiger charge is -2.27. The summed E-state index contributed by atoms with van der Waals surface area (Å²) in [6.45, 7) is 6.14. The van der Waals surface area contributed by atoms with E-state index in [9.17, 15) is 5.11 Å². The number of benzene rings is 1. The lowest BCUT2D eigenvalue weighted by Crippen LogP contribution is -2.32. The van der Waals surface area contributed by atoms with Gasteiger partial charge in [-0.1, -0.05) is 0 Å². The first-order valence-corrected chi connectivity index (χ1v) is 6.56. The molecule has 0 saturated heterocycles. The normalized spacial score (nSPS) is 18.3. The molecular weight excluding hydrogens is 230 g/mol. The number of rotatable bonds is 5. The molecule has 0 bridgehead atoms. The van der Waals surface area contributed by atoms with Gasteiger partial charge < -0.3 is 19.9 Å². The van der Waals surface area contributed by atoms with Crippen molar-refractivity contribution in [2.24, 2.45) is 0 Å². The van der Waals surface area contributed by atoms with Crippen molar-refractivity contribution in [2.45, 2.75) is 26.3 Å². The highest BCUT2D eigenvalue weighted by Gasteiger charge is 2.22. The van der Waals surface area contributed by atoms with Gasteiger partial charge in [0.15, 0.2) is 11.5 Å². The van der Waals surface area contributed by atoms with Crippen molar-refractivity contribution in [3.05, 3.63) is 23.3 Å². The van der Waals surface area contributed by atoms with Crippen LogP contribution in [-0.2, 0) is 6.42 Å². The summed E-state index contributed by atoms with van der Waals surface area (Å²) in [5.41, 5.74) is 2.36. The van der Waals surface area contributed by atoms with Crippen LogP contribution in [0.4, 0.5) is 0 Å². The maximum Gasteiger partial charge on any atom is 0.161 e. The summed E-state index contributed by atoms with van der Waals surface area (Å²) < 4.78 is 11.2. The standard InChI is InChI=1S/C14H21NO3/c1-3-17-13-7-10-5-6-15-12(9-16)11(10)8-14(13)18-4-2/h7-8,12,15-16H,3-6,9H2,1-2H3/t12-/m0/s1. The summed E-state index contributed by atoms with van der Waals surface area (Å²) in [4.78, 5) is 0. The van der Waals surface area contributed by atoms with Gasteiger partial charge in [0.1, 0.15) is 0 Å². The van der Waals surface area contributed by atoms with Gasteiger partial charge in [0, 0.05) is 0 Å². The minimum atomic E-state index is 0.00336. The molecule has 1 atom stereocenters. The van der Waals surface area contributed by atoms with Crippen LogP contribution < -0.4 is 14.8 Å². The van der Waals surface area contributed by atoms with E-state index < -0.39 is 0 Å². The van der Waals surface area contributed by atoms with Gasteiger partial charge in [0.25, 0.3) is 0 Å². The Hall–Kier alpha value is -1.26. The Morgan fingerprint density at radius 2 is 1.89 bits per heavy atom. The third kappa shape index (κ3) is 2.60. The average molecular weight is 251 g/mol. The highest BCUT2D eigenvalue weighted by Crippen LogP contribution is 2.35. The van der Waals surface area contributed by atoms with Crippen molar-refractivity contribution in [1.29, 1.82) is 0 Å². The molecule has 0 unspecified atom stereocenters. The molecule has 0 saturated carbocycles. The SMILES string of the molecule is CCOc1cc2c(cc1OCC)[C@H](CO)NCC2. The molecule has 0 fully saturated rings. The van der Waals surface area contributed by atoms with Gasteiger partial charge in [0.05, 0.1) is 25.9 Å². The Morgan fingerprint density at radius 3 is 2.50 bits per heavy atom. The second kappa shape index (κ2) is 6.07. The molecule has 100 valence electrons. The van der Waals surface area contributed by atoms with Crippen LogP contribution >= 0.6 is 0 Å². The van der Waals surface area contributed by atoms with Gasteiger partial charge in [0.2, 0.25) is 0 Å². The lowest BCUT2D eigenvalue weighted by atomic mass is 9.94. The molecule has 2 N–H and O–H groups in total. The first-order chi connectivity index (χ1) is 8.80. The van der Waals surface area contributed by atoms with Crippen LogP contribution in [0.25, 0.3) is 0 Å². The van der Waals surface area contributed by atoms with Crippen molar-refractivity contribution in [3.8, 4) is 11.5 Å².